The topological polar surface area (TPSA) is 70.1 Å². The Morgan fingerprint density at radius 2 is 2.25 bits per heavy atom. The first-order valence-electron chi connectivity index (χ1n) is 7.21. The van der Waals surface area contributed by atoms with E-state index in [2.05, 4.69) is 25.9 Å². The van der Waals surface area contributed by atoms with E-state index in [0.29, 0.717) is 11.5 Å². The maximum Gasteiger partial charge on any atom is 0.327 e. The third-order valence-corrected chi connectivity index (χ3v) is 3.97. The highest BCUT2D eigenvalue weighted by atomic mass is 16.5. The zero-order chi connectivity index (χ0) is 14.9. The molecule has 2 rings (SSSR count). The van der Waals surface area contributed by atoms with Crippen molar-refractivity contribution in [3.8, 4) is 0 Å². The van der Waals surface area contributed by atoms with E-state index >= 15 is 0 Å². The highest BCUT2D eigenvalue weighted by Crippen LogP contribution is 2.39. The second kappa shape index (κ2) is 5.56. The summed E-state index contributed by atoms with van der Waals surface area (Å²) in [6.07, 6.45) is 6.34. The lowest BCUT2D eigenvalue weighted by molar-refractivity contribution is -0.155. The molecular weight excluding hydrogens is 254 g/mol. The van der Waals surface area contributed by atoms with E-state index in [9.17, 15) is 4.79 Å². The number of nitrogens with zero attached hydrogens (tertiary/aromatic N) is 2. The standard InChI is InChI=1S/C15H25N3O2/c1-10-5-12(7-15(2,3)6-10)20-14(19)13(16)11-8-17-18(4)9-11/h8-10,12-13H,5-7,16H2,1-4H3. The monoisotopic (exact) mass is 279 g/mol. The van der Waals surface area contributed by atoms with Crippen molar-refractivity contribution >= 4 is 5.97 Å². The average molecular weight is 279 g/mol. The summed E-state index contributed by atoms with van der Waals surface area (Å²) in [6, 6.07) is -0.746. The van der Waals surface area contributed by atoms with E-state index in [1.807, 2.05) is 0 Å². The Morgan fingerprint density at radius 3 is 2.80 bits per heavy atom. The third-order valence-electron chi connectivity index (χ3n) is 3.97. The van der Waals surface area contributed by atoms with Crippen LogP contribution in [0.25, 0.3) is 0 Å². The molecule has 1 aliphatic rings. The van der Waals surface area contributed by atoms with Crippen molar-refractivity contribution in [1.29, 1.82) is 0 Å². The zero-order valence-electron chi connectivity index (χ0n) is 12.8. The lowest BCUT2D eigenvalue weighted by Gasteiger charge is -2.38. The molecule has 5 nitrogen and oxygen atoms in total. The molecule has 2 N–H and O–H groups in total. The van der Waals surface area contributed by atoms with Gasteiger partial charge in [-0.05, 0) is 30.6 Å². The van der Waals surface area contributed by atoms with Gasteiger partial charge in [-0.3, -0.25) is 4.68 Å². The quantitative estimate of drug-likeness (QED) is 0.861. The summed E-state index contributed by atoms with van der Waals surface area (Å²) >= 11 is 0. The number of aryl methyl sites for hydroxylation is 1. The van der Waals surface area contributed by atoms with E-state index in [1.54, 1.807) is 24.1 Å². The number of nitrogens with two attached hydrogens (primary N) is 1. The van der Waals surface area contributed by atoms with E-state index in [4.69, 9.17) is 10.5 Å². The Morgan fingerprint density at radius 1 is 1.55 bits per heavy atom. The average Bonchev–Trinajstić information content (AvgIpc) is 2.71. The molecule has 3 atom stereocenters. The van der Waals surface area contributed by atoms with Gasteiger partial charge in [0, 0.05) is 18.8 Å². The first-order chi connectivity index (χ1) is 9.27. The Kier molecular flexibility index (Phi) is 4.18. The molecule has 112 valence electrons. The van der Waals surface area contributed by atoms with Gasteiger partial charge in [0.1, 0.15) is 12.1 Å². The number of ether oxygens (including phenoxy) is 1. The molecule has 1 fully saturated rings. The highest BCUT2D eigenvalue weighted by Gasteiger charge is 2.35. The van der Waals surface area contributed by atoms with E-state index in [-0.39, 0.29) is 17.5 Å². The van der Waals surface area contributed by atoms with Crippen LogP contribution in [0.5, 0.6) is 0 Å². The minimum atomic E-state index is -0.746. The van der Waals surface area contributed by atoms with Gasteiger partial charge in [-0.25, -0.2) is 4.79 Å². The molecule has 3 unspecified atom stereocenters. The number of hydrogen-bond donors (Lipinski definition) is 1. The zero-order valence-corrected chi connectivity index (χ0v) is 12.8. The van der Waals surface area contributed by atoms with Gasteiger partial charge >= 0.3 is 5.97 Å². The van der Waals surface area contributed by atoms with Crippen LogP contribution in [0.4, 0.5) is 0 Å². The molecule has 1 aliphatic carbocycles. The number of aromatic nitrogens is 2. The second-order valence-corrected chi connectivity index (χ2v) is 6.90. The lowest BCUT2D eigenvalue weighted by Crippen LogP contribution is -2.36. The Balaban J connectivity index is 1.97. The van der Waals surface area contributed by atoms with Crippen molar-refractivity contribution in [2.24, 2.45) is 24.1 Å². The van der Waals surface area contributed by atoms with Gasteiger partial charge in [0.05, 0.1) is 6.20 Å². The summed E-state index contributed by atoms with van der Waals surface area (Å²) in [6.45, 7) is 6.66. The predicted molar refractivity (Wildman–Crippen MR) is 76.8 cm³/mol. The molecule has 1 aromatic rings. The number of rotatable bonds is 3. The van der Waals surface area contributed by atoms with Crippen molar-refractivity contribution < 1.29 is 9.53 Å². The first-order valence-corrected chi connectivity index (χ1v) is 7.21. The minimum absolute atomic E-state index is 0.0241. The normalized spacial score (nSPS) is 27.1. The number of esters is 1. The van der Waals surface area contributed by atoms with Crippen molar-refractivity contribution in [2.45, 2.75) is 52.2 Å². The van der Waals surface area contributed by atoms with Crippen LogP contribution in [0.15, 0.2) is 12.4 Å². The summed E-state index contributed by atoms with van der Waals surface area (Å²) in [5, 5.41) is 4.03. The molecule has 0 spiro atoms. The second-order valence-electron chi connectivity index (χ2n) is 6.90. The van der Waals surface area contributed by atoms with Crippen LogP contribution >= 0.6 is 0 Å². The van der Waals surface area contributed by atoms with Crippen LogP contribution in [-0.2, 0) is 16.6 Å². The van der Waals surface area contributed by atoms with E-state index in [0.717, 1.165) is 12.8 Å². The molecule has 20 heavy (non-hydrogen) atoms. The Hall–Kier alpha value is -1.36. The summed E-state index contributed by atoms with van der Waals surface area (Å²) in [7, 11) is 1.80. The largest absolute Gasteiger partial charge is 0.461 e. The van der Waals surface area contributed by atoms with Crippen LogP contribution in [0.3, 0.4) is 0 Å². The number of hydrogen-bond acceptors (Lipinski definition) is 4. The van der Waals surface area contributed by atoms with Gasteiger partial charge in [0.15, 0.2) is 0 Å². The summed E-state index contributed by atoms with van der Waals surface area (Å²) < 4.78 is 7.26. The van der Waals surface area contributed by atoms with Gasteiger partial charge < -0.3 is 10.5 Å². The fourth-order valence-corrected chi connectivity index (χ4v) is 3.32. The van der Waals surface area contributed by atoms with Gasteiger partial charge in [-0.1, -0.05) is 20.8 Å². The SMILES string of the molecule is CC1CC(OC(=O)C(N)c2cnn(C)c2)CC(C)(C)C1. The molecular formula is C15H25N3O2. The molecule has 0 aromatic carbocycles. The molecule has 0 saturated heterocycles. The maximum absolute atomic E-state index is 12.2. The molecule has 0 radical (unpaired) electrons. The van der Waals surface area contributed by atoms with Crippen molar-refractivity contribution in [3.63, 3.8) is 0 Å². The van der Waals surface area contributed by atoms with Crippen molar-refractivity contribution in [3.05, 3.63) is 18.0 Å². The van der Waals surface area contributed by atoms with Crippen LogP contribution in [0.1, 0.15) is 51.6 Å². The fourth-order valence-electron chi connectivity index (χ4n) is 3.32. The maximum atomic E-state index is 12.2. The van der Waals surface area contributed by atoms with Gasteiger partial charge in [0.25, 0.3) is 0 Å². The van der Waals surface area contributed by atoms with Gasteiger partial charge in [-0.2, -0.15) is 5.10 Å². The fraction of sp³-hybridized carbons (Fsp3) is 0.733. The van der Waals surface area contributed by atoms with E-state index in [1.165, 1.54) is 6.42 Å². The van der Waals surface area contributed by atoms with Crippen molar-refractivity contribution in [2.75, 3.05) is 0 Å². The van der Waals surface area contributed by atoms with Crippen LogP contribution in [0.2, 0.25) is 0 Å². The number of carbonyl (C=O) groups is 1. The highest BCUT2D eigenvalue weighted by molar-refractivity contribution is 5.77. The minimum Gasteiger partial charge on any atom is -0.461 e. The van der Waals surface area contributed by atoms with Crippen molar-refractivity contribution in [1.82, 2.24) is 9.78 Å². The summed E-state index contributed by atoms with van der Waals surface area (Å²) in [5.41, 5.74) is 6.86. The van der Waals surface area contributed by atoms with Gasteiger partial charge in [-0.15, -0.1) is 0 Å². The van der Waals surface area contributed by atoms with Crippen LogP contribution in [0, 0.1) is 11.3 Å². The number of carbonyl (C=O) groups excluding carboxylic acids is 1. The predicted octanol–water partition coefficient (Wildman–Crippen LogP) is 2.18. The van der Waals surface area contributed by atoms with Gasteiger partial charge in [0.2, 0.25) is 0 Å². The van der Waals surface area contributed by atoms with E-state index < -0.39 is 6.04 Å². The molecule has 5 heteroatoms. The lowest BCUT2D eigenvalue weighted by atomic mass is 9.71. The molecule has 0 amide bonds. The molecule has 1 aromatic heterocycles. The first kappa shape index (κ1) is 15.0. The Labute approximate surface area is 120 Å². The molecule has 1 heterocycles. The summed E-state index contributed by atoms with van der Waals surface area (Å²) in [5.74, 6) is 0.221. The molecule has 0 aliphatic heterocycles. The Bertz CT molecular complexity index is 481. The smallest absolute Gasteiger partial charge is 0.327 e. The third kappa shape index (κ3) is 3.60. The molecule has 0 bridgehead atoms. The molecule has 1 saturated carbocycles. The van der Waals surface area contributed by atoms with Crippen LogP contribution < -0.4 is 5.73 Å². The van der Waals surface area contributed by atoms with Crippen LogP contribution in [-0.4, -0.2) is 21.9 Å². The summed E-state index contributed by atoms with van der Waals surface area (Å²) in [4.78, 5) is 12.2.